The Bertz CT molecular complexity index is 279. The smallest absolute Gasteiger partial charge is 0.139 e. The minimum absolute atomic E-state index is 1.12. The van der Waals surface area contributed by atoms with Crippen molar-refractivity contribution in [1.82, 2.24) is 18.7 Å². The van der Waals surface area contributed by atoms with Gasteiger partial charge in [-0.25, -0.2) is 0 Å². The summed E-state index contributed by atoms with van der Waals surface area (Å²) in [7, 11) is -0.427. The van der Waals surface area contributed by atoms with Gasteiger partial charge in [0, 0.05) is 52.5 Å². The van der Waals surface area contributed by atoms with Crippen molar-refractivity contribution in [2.24, 2.45) is 0 Å². The van der Waals surface area contributed by atoms with Gasteiger partial charge in [-0.3, -0.25) is 0 Å². The van der Waals surface area contributed by atoms with Crippen LogP contribution in [0.3, 0.4) is 0 Å². The first kappa shape index (κ1) is 23.5. The maximum atomic E-state index is 2.76. The second kappa shape index (κ2) is 10.5. The van der Waals surface area contributed by atoms with Crippen LogP contribution in [0.4, 0.5) is 0 Å². The Morgan fingerprint density at radius 2 is 0.870 bits per heavy atom. The van der Waals surface area contributed by atoms with E-state index >= 15 is 0 Å². The molecule has 0 heterocycles. The van der Waals surface area contributed by atoms with Gasteiger partial charge < -0.3 is 0 Å². The van der Waals surface area contributed by atoms with Crippen molar-refractivity contribution < 1.29 is 0 Å². The van der Waals surface area contributed by atoms with E-state index in [9.17, 15) is 0 Å². The predicted octanol–water partition coefficient (Wildman–Crippen LogP) is 4.50. The zero-order valence-electron chi connectivity index (χ0n) is 17.7. The van der Waals surface area contributed by atoms with E-state index in [1.54, 1.807) is 0 Å². The average molecular weight is 364 g/mol. The molecule has 0 aliphatic rings. The molecule has 0 N–H and O–H groups in total. The van der Waals surface area contributed by atoms with E-state index in [1.807, 2.05) is 0 Å². The Balaban J connectivity index is 6.21. The van der Waals surface area contributed by atoms with Gasteiger partial charge in [-0.15, -0.1) is 18.7 Å². The van der Waals surface area contributed by atoms with Gasteiger partial charge in [0.2, 0.25) is 0 Å². The highest BCUT2D eigenvalue weighted by molar-refractivity contribution is 7.66. The van der Waals surface area contributed by atoms with Gasteiger partial charge in [0.25, 0.3) is 0 Å². The molecule has 6 heteroatoms. The van der Waals surface area contributed by atoms with Crippen molar-refractivity contribution in [3.05, 3.63) is 0 Å². The molecule has 0 rings (SSSR count). The topological polar surface area (TPSA) is 13.0 Å². The Kier molecular flexibility index (Phi) is 10.7. The van der Waals surface area contributed by atoms with E-state index in [0.717, 1.165) is 39.3 Å². The molecule has 0 saturated carbocycles. The molecular formula is C17H44N4PSi+. The minimum Gasteiger partial charge on any atom is -0.139 e. The van der Waals surface area contributed by atoms with Crippen LogP contribution in [-0.4, -0.2) is 79.2 Å². The van der Waals surface area contributed by atoms with Gasteiger partial charge in [0.15, 0.2) is 0 Å². The molecule has 0 aromatic carbocycles. The van der Waals surface area contributed by atoms with Crippen LogP contribution < -0.4 is 0 Å². The molecular weight excluding hydrogens is 319 g/mol. The fourth-order valence-electron chi connectivity index (χ4n) is 3.78. The van der Waals surface area contributed by atoms with Crippen LogP contribution in [0.15, 0.2) is 0 Å². The molecule has 23 heavy (non-hydrogen) atoms. The van der Waals surface area contributed by atoms with Crippen LogP contribution >= 0.6 is 7.87 Å². The summed E-state index contributed by atoms with van der Waals surface area (Å²) >= 11 is 0. The zero-order chi connectivity index (χ0) is 18.3. The molecule has 0 fully saturated rings. The second-order valence-electron chi connectivity index (χ2n) is 7.33. The summed E-state index contributed by atoms with van der Waals surface area (Å²) in [5.41, 5.74) is 0. The normalized spacial score (nSPS) is 13.8. The summed E-state index contributed by atoms with van der Waals surface area (Å²) in [6, 6.07) is 0. The van der Waals surface area contributed by atoms with Crippen molar-refractivity contribution in [3.8, 4) is 0 Å². The fourth-order valence-corrected chi connectivity index (χ4v) is 11.8. The van der Waals surface area contributed by atoms with E-state index in [2.05, 4.69) is 86.9 Å². The maximum Gasteiger partial charge on any atom is 0.307 e. The van der Waals surface area contributed by atoms with Crippen LogP contribution in [0.25, 0.3) is 0 Å². The molecule has 0 aliphatic carbocycles. The second-order valence-corrected chi connectivity index (χ2v) is 16.2. The first-order valence-electron chi connectivity index (χ1n) is 9.56. The standard InChI is InChI=1S/C17H44N4PSi/c1-11-19(12-2)22(20(13-3)14-4,21(15-5)16-6)18(7)17-23(8,9)10/h11-17H2,1-10H3/q+1. The Labute approximate surface area is 148 Å². The highest BCUT2D eigenvalue weighted by Gasteiger charge is 2.58. The Morgan fingerprint density at radius 3 is 1.04 bits per heavy atom. The van der Waals surface area contributed by atoms with Gasteiger partial charge in [0.05, 0.1) is 8.07 Å². The van der Waals surface area contributed by atoms with Gasteiger partial charge in [0.1, 0.15) is 0 Å². The molecule has 0 unspecified atom stereocenters. The van der Waals surface area contributed by atoms with E-state index in [-0.39, 0.29) is 0 Å². The van der Waals surface area contributed by atoms with Crippen molar-refractivity contribution >= 4 is 15.9 Å². The Morgan fingerprint density at radius 1 is 0.609 bits per heavy atom. The van der Waals surface area contributed by atoms with E-state index < -0.39 is 15.9 Å². The maximum absolute atomic E-state index is 2.76. The van der Waals surface area contributed by atoms with Gasteiger partial charge in [-0.05, 0) is 41.5 Å². The predicted molar refractivity (Wildman–Crippen MR) is 112 cm³/mol. The van der Waals surface area contributed by atoms with Crippen molar-refractivity contribution in [2.75, 3.05) is 52.5 Å². The minimum atomic E-state index is -1.65. The molecule has 0 aromatic rings. The van der Waals surface area contributed by atoms with Gasteiger partial charge in [-0.2, -0.15) is 0 Å². The van der Waals surface area contributed by atoms with Crippen LogP contribution in [0.1, 0.15) is 41.5 Å². The summed E-state index contributed by atoms with van der Waals surface area (Å²) in [6.45, 7) is 28.1. The lowest BCUT2D eigenvalue weighted by molar-refractivity contribution is 0.280. The summed E-state index contributed by atoms with van der Waals surface area (Å²) in [5, 5.41) is 0. The molecule has 0 saturated heterocycles. The summed E-state index contributed by atoms with van der Waals surface area (Å²) in [6.07, 6.45) is 1.25. The fraction of sp³-hybridized carbons (Fsp3) is 1.00. The summed E-state index contributed by atoms with van der Waals surface area (Å²) in [5.74, 6) is 0. The van der Waals surface area contributed by atoms with Crippen LogP contribution in [0.5, 0.6) is 0 Å². The third-order valence-corrected chi connectivity index (χ3v) is 11.2. The number of hydrogen-bond acceptors (Lipinski definition) is 4. The lowest BCUT2D eigenvalue weighted by Crippen LogP contribution is -2.54. The largest absolute Gasteiger partial charge is 0.307 e. The third-order valence-electron chi connectivity index (χ3n) is 4.49. The van der Waals surface area contributed by atoms with Gasteiger partial charge in [-0.1, -0.05) is 19.6 Å². The first-order valence-corrected chi connectivity index (χ1v) is 14.9. The third kappa shape index (κ3) is 5.48. The van der Waals surface area contributed by atoms with Crippen LogP contribution in [-0.2, 0) is 0 Å². The molecule has 140 valence electrons. The number of nitrogens with zero attached hydrogens (tertiary/aromatic N) is 4. The van der Waals surface area contributed by atoms with E-state index in [4.69, 9.17) is 0 Å². The van der Waals surface area contributed by atoms with Crippen LogP contribution in [0.2, 0.25) is 19.6 Å². The van der Waals surface area contributed by atoms with E-state index in [0.29, 0.717) is 0 Å². The molecule has 4 nitrogen and oxygen atoms in total. The first-order chi connectivity index (χ1) is 10.7. The lowest BCUT2D eigenvalue weighted by atomic mass is 10.7. The zero-order valence-corrected chi connectivity index (χ0v) is 19.6. The highest BCUT2D eigenvalue weighted by atomic mass is 31.2. The number of rotatable bonds is 12. The highest BCUT2D eigenvalue weighted by Crippen LogP contribution is 2.69. The summed E-state index contributed by atoms with van der Waals surface area (Å²) in [4.78, 5) is 0. The monoisotopic (exact) mass is 363 g/mol. The lowest BCUT2D eigenvalue weighted by Gasteiger charge is -2.50. The van der Waals surface area contributed by atoms with Crippen molar-refractivity contribution in [2.45, 2.75) is 61.2 Å². The SMILES string of the molecule is CCN(CC)[P+](N(C)C[Si](C)(C)C)(N(CC)CC)N(CC)CC. The molecule has 0 amide bonds. The molecule has 0 bridgehead atoms. The van der Waals surface area contributed by atoms with Crippen molar-refractivity contribution in [3.63, 3.8) is 0 Å². The van der Waals surface area contributed by atoms with E-state index in [1.165, 1.54) is 6.17 Å². The van der Waals surface area contributed by atoms with Gasteiger partial charge >= 0.3 is 7.87 Å². The number of hydrogen-bond donors (Lipinski definition) is 0. The molecule has 0 atom stereocenters. The molecule has 0 aliphatic heterocycles. The quantitative estimate of drug-likeness (QED) is 0.374. The van der Waals surface area contributed by atoms with Crippen LogP contribution in [0, 0.1) is 0 Å². The molecule has 0 aromatic heterocycles. The Hall–Kier alpha value is 0.487. The average Bonchev–Trinajstić information content (AvgIpc) is 2.48. The molecule has 0 radical (unpaired) electrons. The van der Waals surface area contributed by atoms with Crippen molar-refractivity contribution in [1.29, 1.82) is 0 Å². The summed E-state index contributed by atoms with van der Waals surface area (Å²) < 4.78 is 11.0. The molecule has 0 spiro atoms.